The second kappa shape index (κ2) is 10.4. The number of carbonyl (C=O) groups excluding carboxylic acids is 2. The van der Waals surface area contributed by atoms with Crippen LogP contribution in [-0.4, -0.2) is 65.0 Å². The van der Waals surface area contributed by atoms with Crippen LogP contribution in [0.15, 0.2) is 24.3 Å². The Labute approximate surface area is 219 Å². The zero-order valence-corrected chi connectivity index (χ0v) is 22.0. The van der Waals surface area contributed by atoms with Crippen molar-refractivity contribution >= 4 is 84.3 Å². The summed E-state index contributed by atoms with van der Waals surface area (Å²) in [6, 6.07) is 6.19. The molecule has 2 aromatic heterocycles. The van der Waals surface area contributed by atoms with Gasteiger partial charge >= 0.3 is 5.97 Å². The number of thiocarbonyl (C=S) groups is 1. The van der Waals surface area contributed by atoms with Crippen LogP contribution >= 0.6 is 46.5 Å². The van der Waals surface area contributed by atoms with Crippen LogP contribution in [0.1, 0.15) is 31.8 Å². The number of nitro benzene ring substituents is 1. The minimum atomic E-state index is -0.474. The smallest absolute Gasteiger partial charge is 0.340 e. The van der Waals surface area contributed by atoms with E-state index in [0.29, 0.717) is 61.8 Å². The molecule has 1 amide bonds. The Hall–Kier alpha value is -2.80. The summed E-state index contributed by atoms with van der Waals surface area (Å²) in [5.41, 5.74) is 0.404. The van der Waals surface area contributed by atoms with Crippen LogP contribution in [0.25, 0.3) is 10.1 Å². The number of anilines is 1. The topological polar surface area (TPSA) is 105 Å². The van der Waals surface area contributed by atoms with Gasteiger partial charge in [0.05, 0.1) is 22.6 Å². The summed E-state index contributed by atoms with van der Waals surface area (Å²) in [7, 11) is 1.34. The van der Waals surface area contributed by atoms with Gasteiger partial charge in [0.2, 0.25) is 0 Å². The number of rotatable bonds is 5. The van der Waals surface area contributed by atoms with Gasteiger partial charge in [0.1, 0.15) is 9.88 Å². The molecule has 0 atom stereocenters. The van der Waals surface area contributed by atoms with E-state index >= 15 is 0 Å². The monoisotopic (exact) mass is 552 g/mol. The van der Waals surface area contributed by atoms with Crippen molar-refractivity contribution in [2.45, 2.75) is 13.3 Å². The zero-order valence-electron chi connectivity index (χ0n) is 18.8. The van der Waals surface area contributed by atoms with Gasteiger partial charge in [-0.3, -0.25) is 14.9 Å². The molecule has 1 fully saturated rings. The Morgan fingerprint density at radius 3 is 2.51 bits per heavy atom. The summed E-state index contributed by atoms with van der Waals surface area (Å²) in [5.74, 6) is -0.636. The second-order valence-electron chi connectivity index (χ2n) is 7.69. The molecule has 0 radical (unpaired) electrons. The number of methoxy groups -OCH3 is 1. The van der Waals surface area contributed by atoms with Crippen molar-refractivity contribution in [1.29, 1.82) is 0 Å². The van der Waals surface area contributed by atoms with E-state index in [1.165, 1.54) is 30.6 Å². The van der Waals surface area contributed by atoms with Crippen LogP contribution in [0, 0.1) is 10.1 Å². The molecule has 184 valence electrons. The van der Waals surface area contributed by atoms with Gasteiger partial charge in [-0.15, -0.1) is 22.7 Å². The molecule has 9 nitrogen and oxygen atoms in total. The van der Waals surface area contributed by atoms with E-state index < -0.39 is 10.9 Å². The Morgan fingerprint density at radius 1 is 1.20 bits per heavy atom. The zero-order chi connectivity index (χ0) is 25.3. The van der Waals surface area contributed by atoms with E-state index in [9.17, 15) is 19.7 Å². The number of esters is 1. The third-order valence-electron chi connectivity index (χ3n) is 5.63. The van der Waals surface area contributed by atoms with Gasteiger partial charge in [-0.25, -0.2) is 4.79 Å². The first-order valence-electron chi connectivity index (χ1n) is 10.7. The van der Waals surface area contributed by atoms with Crippen molar-refractivity contribution in [2.75, 3.05) is 38.6 Å². The number of non-ortho nitro benzene ring substituents is 1. The first-order chi connectivity index (χ1) is 16.7. The van der Waals surface area contributed by atoms with Crippen molar-refractivity contribution in [1.82, 2.24) is 9.80 Å². The molecule has 35 heavy (non-hydrogen) atoms. The van der Waals surface area contributed by atoms with E-state index in [2.05, 4.69) is 5.32 Å². The number of nitro groups is 1. The van der Waals surface area contributed by atoms with Crippen molar-refractivity contribution in [2.24, 2.45) is 0 Å². The van der Waals surface area contributed by atoms with Crippen molar-refractivity contribution < 1.29 is 19.2 Å². The molecule has 1 aromatic carbocycles. The number of hydrogen-bond donors (Lipinski definition) is 1. The van der Waals surface area contributed by atoms with Crippen LogP contribution < -0.4 is 5.32 Å². The lowest BCUT2D eigenvalue weighted by Crippen LogP contribution is -2.51. The fourth-order valence-electron chi connectivity index (χ4n) is 3.71. The molecule has 1 N–H and O–H groups in total. The third kappa shape index (κ3) is 5.10. The van der Waals surface area contributed by atoms with E-state index in [4.69, 9.17) is 28.6 Å². The Balaban J connectivity index is 1.43. The molecule has 1 aliphatic heterocycles. The lowest BCUT2D eigenvalue weighted by Gasteiger charge is -2.36. The lowest BCUT2D eigenvalue weighted by molar-refractivity contribution is -0.384. The molecule has 0 aliphatic carbocycles. The highest BCUT2D eigenvalue weighted by molar-refractivity contribution is 7.80. The molecule has 1 aliphatic rings. The molecule has 0 saturated carbocycles. The average molecular weight is 553 g/mol. The normalized spacial score (nSPS) is 13.7. The minimum absolute atomic E-state index is 0.0452. The van der Waals surface area contributed by atoms with Crippen LogP contribution in [0.2, 0.25) is 5.02 Å². The van der Waals surface area contributed by atoms with E-state index in [1.54, 1.807) is 17.0 Å². The average Bonchev–Trinajstić information content (AvgIpc) is 3.43. The predicted octanol–water partition coefficient (Wildman–Crippen LogP) is 5.03. The van der Waals surface area contributed by atoms with Gasteiger partial charge in [-0.1, -0.05) is 18.5 Å². The van der Waals surface area contributed by atoms with Crippen molar-refractivity contribution in [3.63, 3.8) is 0 Å². The number of halogens is 1. The van der Waals surface area contributed by atoms with Gasteiger partial charge in [-0.2, -0.15) is 0 Å². The first kappa shape index (κ1) is 25.3. The first-order valence-corrected chi connectivity index (χ1v) is 13.1. The van der Waals surface area contributed by atoms with Crippen molar-refractivity contribution in [3.05, 3.63) is 54.7 Å². The quantitative estimate of drug-likeness (QED) is 0.203. The van der Waals surface area contributed by atoms with Gasteiger partial charge in [-0.05, 0) is 30.8 Å². The van der Waals surface area contributed by atoms with Gasteiger partial charge in [0.25, 0.3) is 11.6 Å². The Kier molecular flexibility index (Phi) is 7.55. The van der Waals surface area contributed by atoms with Crippen LogP contribution in [0.3, 0.4) is 0 Å². The molecule has 13 heteroatoms. The summed E-state index contributed by atoms with van der Waals surface area (Å²) < 4.78 is 5.48. The number of carbonyl (C=O) groups is 2. The Bertz CT molecular complexity index is 1330. The highest BCUT2D eigenvalue weighted by atomic mass is 35.5. The van der Waals surface area contributed by atoms with Gasteiger partial charge < -0.3 is 19.9 Å². The number of piperazine rings is 1. The second-order valence-corrected chi connectivity index (χ2v) is 10.6. The van der Waals surface area contributed by atoms with Crippen LogP contribution in [0.5, 0.6) is 0 Å². The fraction of sp³-hybridized carbons (Fsp3) is 0.318. The molecule has 0 spiro atoms. The standard InChI is InChI=1S/C22H21ClN4O5S3/c1-3-13-11-15(21(29)32-2)19(34-13)24-22(33)26-8-6-25(7-9-26)20(28)18-17(23)14-5-4-12(27(30)31)10-16(14)35-18/h4-5,10-11H,3,6-9H2,1-2H3,(H,24,33). The summed E-state index contributed by atoms with van der Waals surface area (Å²) >= 11 is 14.6. The molecule has 0 unspecified atom stereocenters. The largest absolute Gasteiger partial charge is 0.465 e. The van der Waals surface area contributed by atoms with Crippen LogP contribution in [-0.2, 0) is 11.2 Å². The maximum atomic E-state index is 13.2. The molecular formula is C22H21ClN4O5S3. The van der Waals surface area contributed by atoms with Crippen LogP contribution in [0.4, 0.5) is 10.7 Å². The van der Waals surface area contributed by atoms with E-state index in [-0.39, 0.29) is 11.6 Å². The third-order valence-corrected chi connectivity index (χ3v) is 8.83. The molecule has 1 saturated heterocycles. The SMILES string of the molecule is CCc1cc(C(=O)OC)c(NC(=S)N2CCN(C(=O)c3sc4cc([N+](=O)[O-])ccc4c3Cl)CC2)s1. The molecule has 3 heterocycles. The number of nitrogens with one attached hydrogen (secondary N) is 1. The van der Waals surface area contributed by atoms with Crippen molar-refractivity contribution in [3.8, 4) is 0 Å². The number of fused-ring (bicyclic) bond motifs is 1. The minimum Gasteiger partial charge on any atom is -0.465 e. The number of amides is 1. The highest BCUT2D eigenvalue weighted by Crippen LogP contribution is 2.38. The maximum Gasteiger partial charge on any atom is 0.340 e. The van der Waals surface area contributed by atoms with Gasteiger partial charge in [0.15, 0.2) is 5.11 Å². The number of aryl methyl sites for hydroxylation is 1. The molecule has 4 rings (SSSR count). The predicted molar refractivity (Wildman–Crippen MR) is 142 cm³/mol. The number of ether oxygens (including phenoxy) is 1. The number of hydrogen-bond acceptors (Lipinski definition) is 8. The molecule has 3 aromatic rings. The molecule has 0 bridgehead atoms. The molecular weight excluding hydrogens is 532 g/mol. The van der Waals surface area contributed by atoms with E-state index in [0.717, 1.165) is 22.6 Å². The Morgan fingerprint density at radius 2 is 1.89 bits per heavy atom. The van der Waals surface area contributed by atoms with E-state index in [1.807, 2.05) is 11.8 Å². The summed E-state index contributed by atoms with van der Waals surface area (Å²) in [6.07, 6.45) is 0.789. The maximum absolute atomic E-state index is 13.2. The summed E-state index contributed by atoms with van der Waals surface area (Å²) in [4.78, 5) is 40.9. The highest BCUT2D eigenvalue weighted by Gasteiger charge is 2.28. The number of nitrogens with zero attached hydrogens (tertiary/aromatic N) is 3. The van der Waals surface area contributed by atoms with Gasteiger partial charge in [0, 0.05) is 53.3 Å². The summed E-state index contributed by atoms with van der Waals surface area (Å²) in [6.45, 7) is 3.88. The lowest BCUT2D eigenvalue weighted by atomic mass is 10.2. The fourth-order valence-corrected chi connectivity index (χ4v) is 6.55. The number of thiophene rings is 2. The summed E-state index contributed by atoms with van der Waals surface area (Å²) in [5, 5.41) is 16.3. The number of benzene rings is 1.